The van der Waals surface area contributed by atoms with E-state index < -0.39 is 0 Å². The Morgan fingerprint density at radius 1 is 1.41 bits per heavy atom. The third-order valence-corrected chi connectivity index (χ3v) is 3.36. The summed E-state index contributed by atoms with van der Waals surface area (Å²) in [7, 11) is 0. The van der Waals surface area contributed by atoms with Crippen LogP contribution in [0.1, 0.15) is 36.8 Å². The first-order valence-corrected chi connectivity index (χ1v) is 6.59. The van der Waals surface area contributed by atoms with Crippen molar-refractivity contribution in [1.29, 1.82) is 0 Å². The summed E-state index contributed by atoms with van der Waals surface area (Å²) in [5.74, 6) is 0. The summed E-state index contributed by atoms with van der Waals surface area (Å²) in [5.41, 5.74) is 2.47. The van der Waals surface area contributed by atoms with E-state index in [1.165, 1.54) is 24.0 Å². The predicted octanol–water partition coefficient (Wildman–Crippen LogP) is 2.86. The summed E-state index contributed by atoms with van der Waals surface area (Å²) in [5, 5.41) is 10.1. The van der Waals surface area contributed by atoms with E-state index >= 15 is 0 Å². The number of aliphatic hydroxyl groups excluding tert-OH is 1. The van der Waals surface area contributed by atoms with Gasteiger partial charge >= 0.3 is 0 Å². The molecule has 94 valence electrons. The van der Waals surface area contributed by atoms with E-state index in [0.29, 0.717) is 0 Å². The summed E-state index contributed by atoms with van der Waals surface area (Å²) >= 11 is 0. The molecular formula is C15H22O2. The molecule has 1 saturated heterocycles. The molecule has 2 heteroatoms. The van der Waals surface area contributed by atoms with Gasteiger partial charge in [0.1, 0.15) is 0 Å². The summed E-state index contributed by atoms with van der Waals surface area (Å²) in [6, 6.07) is 8.36. The van der Waals surface area contributed by atoms with Crippen molar-refractivity contribution in [3.8, 4) is 0 Å². The van der Waals surface area contributed by atoms with Gasteiger partial charge in [-0.25, -0.2) is 0 Å². The first-order valence-electron chi connectivity index (χ1n) is 6.59. The highest BCUT2D eigenvalue weighted by Gasteiger charge is 2.18. The Balaban J connectivity index is 1.82. The molecule has 17 heavy (non-hydrogen) atoms. The van der Waals surface area contributed by atoms with Gasteiger partial charge in [-0.3, -0.25) is 0 Å². The molecule has 1 fully saturated rings. The van der Waals surface area contributed by atoms with Gasteiger partial charge < -0.3 is 9.84 Å². The molecule has 0 saturated carbocycles. The quantitative estimate of drug-likeness (QED) is 0.868. The van der Waals surface area contributed by atoms with E-state index in [1.54, 1.807) is 0 Å². The van der Waals surface area contributed by atoms with Gasteiger partial charge in [-0.1, -0.05) is 29.8 Å². The number of aliphatic hydroxyl groups is 1. The molecule has 0 spiro atoms. The van der Waals surface area contributed by atoms with Crippen molar-refractivity contribution in [2.75, 3.05) is 6.61 Å². The molecule has 2 unspecified atom stereocenters. The zero-order chi connectivity index (χ0) is 12.1. The second-order valence-corrected chi connectivity index (χ2v) is 5.07. The Bertz CT molecular complexity index is 343. The van der Waals surface area contributed by atoms with Gasteiger partial charge in [0.15, 0.2) is 0 Å². The Hall–Kier alpha value is -0.860. The predicted molar refractivity (Wildman–Crippen MR) is 69.1 cm³/mol. The number of ether oxygens (including phenoxy) is 1. The number of hydrogen-bond donors (Lipinski definition) is 1. The van der Waals surface area contributed by atoms with Crippen LogP contribution in [0.5, 0.6) is 0 Å². The molecule has 0 amide bonds. The van der Waals surface area contributed by atoms with E-state index in [0.717, 1.165) is 25.9 Å². The summed E-state index contributed by atoms with van der Waals surface area (Å²) < 4.78 is 5.65. The maximum atomic E-state index is 10.1. The molecule has 0 bridgehead atoms. The Morgan fingerprint density at radius 3 is 3.00 bits per heavy atom. The van der Waals surface area contributed by atoms with Crippen molar-refractivity contribution in [2.45, 2.75) is 51.2 Å². The fraction of sp³-hybridized carbons (Fsp3) is 0.600. The summed E-state index contributed by atoms with van der Waals surface area (Å²) in [6.07, 6.45) is 5.01. The highest BCUT2D eigenvalue weighted by molar-refractivity contribution is 5.22. The minimum Gasteiger partial charge on any atom is -0.393 e. The van der Waals surface area contributed by atoms with Gasteiger partial charge in [0.05, 0.1) is 12.2 Å². The normalized spacial score (nSPS) is 22.4. The average molecular weight is 234 g/mol. The maximum Gasteiger partial charge on any atom is 0.0605 e. The fourth-order valence-electron chi connectivity index (χ4n) is 2.49. The van der Waals surface area contributed by atoms with Gasteiger partial charge in [-0.15, -0.1) is 0 Å². The van der Waals surface area contributed by atoms with Crippen LogP contribution in [-0.2, 0) is 11.2 Å². The molecular weight excluding hydrogens is 212 g/mol. The zero-order valence-corrected chi connectivity index (χ0v) is 10.6. The van der Waals surface area contributed by atoms with Crippen molar-refractivity contribution >= 4 is 0 Å². The average Bonchev–Trinajstić information content (AvgIpc) is 2.30. The number of rotatable bonds is 4. The van der Waals surface area contributed by atoms with E-state index in [1.807, 2.05) is 0 Å². The molecule has 1 N–H and O–H groups in total. The number of aryl methyl sites for hydroxylation is 1. The van der Waals surface area contributed by atoms with Crippen LogP contribution in [0.2, 0.25) is 0 Å². The van der Waals surface area contributed by atoms with E-state index in [2.05, 4.69) is 31.2 Å². The van der Waals surface area contributed by atoms with Crippen LogP contribution in [0.25, 0.3) is 0 Å². The van der Waals surface area contributed by atoms with Crippen LogP contribution in [0, 0.1) is 6.92 Å². The zero-order valence-electron chi connectivity index (χ0n) is 10.6. The van der Waals surface area contributed by atoms with Gasteiger partial charge in [0.2, 0.25) is 0 Å². The van der Waals surface area contributed by atoms with E-state index in [4.69, 9.17) is 4.74 Å². The molecule has 1 aliphatic heterocycles. The Morgan fingerprint density at radius 2 is 2.29 bits per heavy atom. The SMILES string of the molecule is Cc1cccc(CC(O)CC2CCCCO2)c1. The molecule has 2 nitrogen and oxygen atoms in total. The Kier molecular flexibility index (Phi) is 4.57. The minimum absolute atomic E-state index is 0.267. The van der Waals surface area contributed by atoms with Gasteiger partial charge in [0.25, 0.3) is 0 Å². The fourth-order valence-corrected chi connectivity index (χ4v) is 2.49. The van der Waals surface area contributed by atoms with E-state index in [9.17, 15) is 5.11 Å². The molecule has 0 aliphatic carbocycles. The van der Waals surface area contributed by atoms with Crippen molar-refractivity contribution in [2.24, 2.45) is 0 Å². The second-order valence-electron chi connectivity index (χ2n) is 5.07. The van der Waals surface area contributed by atoms with Crippen LogP contribution in [-0.4, -0.2) is 23.9 Å². The highest BCUT2D eigenvalue weighted by Crippen LogP contribution is 2.19. The lowest BCUT2D eigenvalue weighted by Gasteiger charge is -2.24. The van der Waals surface area contributed by atoms with Crippen LogP contribution >= 0.6 is 0 Å². The Labute approximate surface area is 104 Å². The smallest absolute Gasteiger partial charge is 0.0605 e. The molecule has 0 radical (unpaired) electrons. The molecule has 0 aromatic heterocycles. The van der Waals surface area contributed by atoms with Crippen LogP contribution in [0.3, 0.4) is 0 Å². The van der Waals surface area contributed by atoms with Gasteiger partial charge in [0, 0.05) is 6.61 Å². The lowest BCUT2D eigenvalue weighted by atomic mass is 9.98. The standard InChI is InChI=1S/C15H22O2/c1-12-5-4-6-13(9-12)10-14(16)11-15-7-2-3-8-17-15/h4-6,9,14-16H,2-3,7-8,10-11H2,1H3. The lowest BCUT2D eigenvalue weighted by molar-refractivity contribution is -0.0147. The second kappa shape index (κ2) is 6.18. The van der Waals surface area contributed by atoms with Crippen molar-refractivity contribution in [1.82, 2.24) is 0 Å². The molecule has 2 rings (SSSR count). The highest BCUT2D eigenvalue weighted by atomic mass is 16.5. The molecule has 2 atom stereocenters. The first-order chi connectivity index (χ1) is 8.24. The lowest BCUT2D eigenvalue weighted by Crippen LogP contribution is -2.25. The van der Waals surface area contributed by atoms with Gasteiger partial charge in [-0.05, 0) is 44.6 Å². The number of benzene rings is 1. The van der Waals surface area contributed by atoms with E-state index in [-0.39, 0.29) is 12.2 Å². The van der Waals surface area contributed by atoms with Crippen molar-refractivity contribution in [3.05, 3.63) is 35.4 Å². The molecule has 1 aromatic rings. The topological polar surface area (TPSA) is 29.5 Å². The third kappa shape index (κ3) is 4.14. The maximum absolute atomic E-state index is 10.1. The van der Waals surface area contributed by atoms with Crippen molar-refractivity contribution in [3.63, 3.8) is 0 Å². The largest absolute Gasteiger partial charge is 0.393 e. The summed E-state index contributed by atoms with van der Waals surface area (Å²) in [4.78, 5) is 0. The van der Waals surface area contributed by atoms with Crippen LogP contribution in [0.4, 0.5) is 0 Å². The van der Waals surface area contributed by atoms with Crippen LogP contribution in [0.15, 0.2) is 24.3 Å². The monoisotopic (exact) mass is 234 g/mol. The van der Waals surface area contributed by atoms with Crippen LogP contribution < -0.4 is 0 Å². The summed E-state index contributed by atoms with van der Waals surface area (Å²) in [6.45, 7) is 2.95. The van der Waals surface area contributed by atoms with Crippen molar-refractivity contribution < 1.29 is 9.84 Å². The molecule has 1 aromatic carbocycles. The van der Waals surface area contributed by atoms with Gasteiger partial charge in [-0.2, -0.15) is 0 Å². The molecule has 1 aliphatic rings. The number of hydrogen-bond acceptors (Lipinski definition) is 2. The first kappa shape index (κ1) is 12.6. The minimum atomic E-state index is -0.278. The molecule has 1 heterocycles. The third-order valence-electron chi connectivity index (χ3n) is 3.36.